The largest absolute Gasteiger partial charge is 0.315 e. The summed E-state index contributed by atoms with van der Waals surface area (Å²) in [4.78, 5) is 0. The molecule has 1 aliphatic heterocycles. The first kappa shape index (κ1) is 8.41. The number of piperidine rings is 1. The first-order valence-electron chi connectivity index (χ1n) is 5.55. The monoisotopic (exact) mass is 192 g/mol. The zero-order valence-corrected chi connectivity index (χ0v) is 8.32. The molecule has 1 aliphatic carbocycles. The molecule has 1 saturated carbocycles. The molecule has 1 saturated heterocycles. The van der Waals surface area contributed by atoms with Crippen LogP contribution in [-0.2, 0) is 0 Å². The second-order valence-corrected chi connectivity index (χ2v) is 4.37. The van der Waals surface area contributed by atoms with E-state index in [1.807, 2.05) is 6.33 Å². The summed E-state index contributed by atoms with van der Waals surface area (Å²) < 4.78 is 2.30. The second-order valence-electron chi connectivity index (χ2n) is 4.37. The third kappa shape index (κ3) is 1.43. The number of hydrogen-bond donors (Lipinski definition) is 1. The van der Waals surface area contributed by atoms with Crippen LogP contribution >= 0.6 is 0 Å². The fourth-order valence-electron chi connectivity index (χ4n) is 2.24. The van der Waals surface area contributed by atoms with Gasteiger partial charge in [-0.05, 0) is 32.2 Å². The van der Waals surface area contributed by atoms with Gasteiger partial charge in [-0.25, -0.2) is 0 Å². The minimum atomic E-state index is 0.592. The topological polar surface area (TPSA) is 42.7 Å². The summed E-state index contributed by atoms with van der Waals surface area (Å²) >= 11 is 0. The average Bonchev–Trinajstić information content (AvgIpc) is 2.98. The van der Waals surface area contributed by atoms with Gasteiger partial charge in [0.05, 0.1) is 0 Å². The smallest absolute Gasteiger partial charge is 0.136 e. The maximum atomic E-state index is 4.24. The highest BCUT2D eigenvalue weighted by molar-refractivity contribution is 5.06. The van der Waals surface area contributed by atoms with Gasteiger partial charge in [0, 0.05) is 18.5 Å². The van der Waals surface area contributed by atoms with Crippen molar-refractivity contribution < 1.29 is 0 Å². The van der Waals surface area contributed by atoms with Crippen molar-refractivity contribution >= 4 is 0 Å². The Kier molecular flexibility index (Phi) is 2.01. The molecule has 1 N–H and O–H groups in total. The Morgan fingerprint density at radius 1 is 1.36 bits per heavy atom. The fourth-order valence-corrected chi connectivity index (χ4v) is 2.24. The van der Waals surface area contributed by atoms with Crippen molar-refractivity contribution in [2.75, 3.05) is 13.1 Å². The molecule has 76 valence electrons. The number of nitrogens with zero attached hydrogens (tertiary/aromatic N) is 3. The Morgan fingerprint density at radius 2 is 2.29 bits per heavy atom. The third-order valence-electron chi connectivity index (χ3n) is 3.21. The summed E-state index contributed by atoms with van der Waals surface area (Å²) in [6.07, 6.45) is 7.06. The second kappa shape index (κ2) is 3.35. The molecule has 4 heteroatoms. The van der Waals surface area contributed by atoms with Gasteiger partial charge >= 0.3 is 0 Å². The Hall–Kier alpha value is -0.900. The lowest BCUT2D eigenvalue weighted by Gasteiger charge is -2.24. The minimum Gasteiger partial charge on any atom is -0.315 e. The Labute approximate surface area is 83.7 Å². The molecule has 0 bridgehead atoms. The number of rotatable bonds is 2. The molecule has 0 spiro atoms. The van der Waals surface area contributed by atoms with Gasteiger partial charge in [0.1, 0.15) is 12.2 Å². The highest BCUT2D eigenvalue weighted by Gasteiger charge is 2.30. The van der Waals surface area contributed by atoms with Crippen LogP contribution in [0, 0.1) is 0 Å². The molecule has 0 aromatic carbocycles. The summed E-state index contributed by atoms with van der Waals surface area (Å²) in [6.45, 7) is 2.25. The lowest BCUT2D eigenvalue weighted by atomic mass is 10.1. The molecule has 2 aliphatic rings. The molecule has 1 atom stereocenters. The highest BCUT2D eigenvalue weighted by Crippen LogP contribution is 2.39. The molecule has 1 aromatic rings. The van der Waals surface area contributed by atoms with Crippen LogP contribution in [0.5, 0.6) is 0 Å². The van der Waals surface area contributed by atoms with Crippen LogP contribution in [0.15, 0.2) is 6.33 Å². The molecular weight excluding hydrogens is 176 g/mol. The van der Waals surface area contributed by atoms with Crippen LogP contribution in [0.4, 0.5) is 0 Å². The van der Waals surface area contributed by atoms with Crippen LogP contribution in [0.25, 0.3) is 0 Å². The van der Waals surface area contributed by atoms with E-state index < -0.39 is 0 Å². The highest BCUT2D eigenvalue weighted by atomic mass is 15.3. The number of aromatic nitrogens is 3. The van der Waals surface area contributed by atoms with Gasteiger partial charge in [0.15, 0.2) is 0 Å². The summed E-state index contributed by atoms with van der Waals surface area (Å²) in [6, 6.07) is 0.592. The zero-order chi connectivity index (χ0) is 9.38. The van der Waals surface area contributed by atoms with Crippen LogP contribution in [0.2, 0.25) is 0 Å². The summed E-state index contributed by atoms with van der Waals surface area (Å²) in [5, 5.41) is 11.7. The van der Waals surface area contributed by atoms with Crippen molar-refractivity contribution in [2.45, 2.75) is 37.6 Å². The Balaban J connectivity index is 1.82. The number of hydrogen-bond acceptors (Lipinski definition) is 3. The molecular formula is C10H16N4. The van der Waals surface area contributed by atoms with Crippen molar-refractivity contribution in [3.63, 3.8) is 0 Å². The summed E-state index contributed by atoms with van der Waals surface area (Å²) in [7, 11) is 0. The minimum absolute atomic E-state index is 0.592. The van der Waals surface area contributed by atoms with E-state index in [2.05, 4.69) is 20.1 Å². The van der Waals surface area contributed by atoms with Crippen LogP contribution < -0.4 is 5.32 Å². The van der Waals surface area contributed by atoms with Crippen molar-refractivity contribution in [1.82, 2.24) is 20.1 Å². The van der Waals surface area contributed by atoms with Crippen molar-refractivity contribution in [1.29, 1.82) is 0 Å². The zero-order valence-electron chi connectivity index (χ0n) is 8.32. The predicted octanol–water partition coefficient (Wildman–Crippen LogP) is 1.08. The van der Waals surface area contributed by atoms with Crippen LogP contribution in [0.1, 0.15) is 43.5 Å². The maximum Gasteiger partial charge on any atom is 0.136 e. The van der Waals surface area contributed by atoms with E-state index in [0.717, 1.165) is 13.1 Å². The standard InChI is InChI=1S/C10H16N4/c1-2-9(6-11-5-1)14-7-12-13-10(14)8-3-4-8/h7-9,11H,1-6H2. The molecule has 0 amide bonds. The van der Waals surface area contributed by atoms with E-state index in [1.165, 1.54) is 31.5 Å². The first-order valence-corrected chi connectivity index (χ1v) is 5.55. The van der Waals surface area contributed by atoms with Gasteiger partial charge in [0.2, 0.25) is 0 Å². The summed E-state index contributed by atoms with van der Waals surface area (Å²) in [5.41, 5.74) is 0. The van der Waals surface area contributed by atoms with E-state index in [-0.39, 0.29) is 0 Å². The van der Waals surface area contributed by atoms with E-state index in [0.29, 0.717) is 12.0 Å². The quantitative estimate of drug-likeness (QED) is 0.762. The van der Waals surface area contributed by atoms with Gasteiger partial charge in [0.25, 0.3) is 0 Å². The molecule has 4 nitrogen and oxygen atoms in total. The van der Waals surface area contributed by atoms with Gasteiger partial charge in [-0.3, -0.25) is 0 Å². The maximum absolute atomic E-state index is 4.24. The average molecular weight is 192 g/mol. The lowest BCUT2D eigenvalue weighted by Crippen LogP contribution is -2.32. The number of nitrogens with one attached hydrogen (secondary N) is 1. The van der Waals surface area contributed by atoms with E-state index >= 15 is 0 Å². The molecule has 2 fully saturated rings. The van der Waals surface area contributed by atoms with Gasteiger partial charge < -0.3 is 9.88 Å². The molecule has 3 rings (SSSR count). The molecule has 0 radical (unpaired) electrons. The van der Waals surface area contributed by atoms with E-state index in [4.69, 9.17) is 0 Å². The van der Waals surface area contributed by atoms with E-state index in [1.54, 1.807) is 0 Å². The SMILES string of the molecule is c1nnc(C2CC2)n1C1CCCNC1. The third-order valence-corrected chi connectivity index (χ3v) is 3.21. The summed E-state index contributed by atoms with van der Waals surface area (Å²) in [5.74, 6) is 1.93. The van der Waals surface area contributed by atoms with Gasteiger partial charge in [-0.1, -0.05) is 0 Å². The first-order chi connectivity index (χ1) is 6.95. The van der Waals surface area contributed by atoms with Crippen LogP contribution in [0.3, 0.4) is 0 Å². The molecule has 1 aromatic heterocycles. The van der Waals surface area contributed by atoms with Crippen molar-refractivity contribution in [3.05, 3.63) is 12.2 Å². The molecule has 14 heavy (non-hydrogen) atoms. The predicted molar refractivity (Wildman–Crippen MR) is 53.1 cm³/mol. The van der Waals surface area contributed by atoms with E-state index in [9.17, 15) is 0 Å². The molecule has 1 unspecified atom stereocenters. The fraction of sp³-hybridized carbons (Fsp3) is 0.800. The Bertz CT molecular complexity index is 310. The Morgan fingerprint density at radius 3 is 3.00 bits per heavy atom. The normalized spacial score (nSPS) is 27.9. The molecule has 2 heterocycles. The van der Waals surface area contributed by atoms with Crippen molar-refractivity contribution in [2.24, 2.45) is 0 Å². The van der Waals surface area contributed by atoms with Crippen molar-refractivity contribution in [3.8, 4) is 0 Å². The van der Waals surface area contributed by atoms with Gasteiger partial charge in [-0.15, -0.1) is 10.2 Å². The van der Waals surface area contributed by atoms with Gasteiger partial charge in [-0.2, -0.15) is 0 Å². The lowest BCUT2D eigenvalue weighted by molar-refractivity contribution is 0.363. The van der Waals surface area contributed by atoms with Crippen LogP contribution in [-0.4, -0.2) is 27.9 Å².